The van der Waals surface area contributed by atoms with Crippen molar-refractivity contribution in [3.63, 3.8) is 0 Å². The van der Waals surface area contributed by atoms with Crippen LogP contribution in [0.25, 0.3) is 16.6 Å². The second kappa shape index (κ2) is 9.01. The van der Waals surface area contributed by atoms with Gasteiger partial charge in [0, 0.05) is 11.6 Å². The number of benzene rings is 2. The van der Waals surface area contributed by atoms with Gasteiger partial charge in [-0.25, -0.2) is 0 Å². The highest BCUT2D eigenvalue weighted by molar-refractivity contribution is 7.18. The molecule has 1 heterocycles. The fourth-order valence-electron chi connectivity index (χ4n) is 2.39. The molecule has 1 amide bonds. The van der Waals surface area contributed by atoms with E-state index in [2.05, 4.69) is 15.5 Å². The van der Waals surface area contributed by atoms with Crippen LogP contribution in [0.4, 0.5) is 5.13 Å². The van der Waals surface area contributed by atoms with Gasteiger partial charge in [-0.2, -0.15) is 0 Å². The summed E-state index contributed by atoms with van der Waals surface area (Å²) in [6.07, 6.45) is 3.16. The predicted octanol–water partition coefficient (Wildman–Crippen LogP) is 3.88. The first-order valence-corrected chi connectivity index (χ1v) is 9.13. The molecule has 28 heavy (non-hydrogen) atoms. The molecule has 1 N–H and O–H groups in total. The van der Waals surface area contributed by atoms with Crippen molar-refractivity contribution in [2.75, 3.05) is 26.6 Å². The van der Waals surface area contributed by atoms with Crippen LogP contribution >= 0.6 is 11.3 Å². The van der Waals surface area contributed by atoms with Gasteiger partial charge >= 0.3 is 0 Å². The molecule has 0 atom stereocenters. The molecular weight excluding hydrogens is 378 g/mol. The molecule has 0 aliphatic rings. The molecule has 8 heteroatoms. The van der Waals surface area contributed by atoms with Crippen LogP contribution in [0.5, 0.6) is 17.2 Å². The lowest BCUT2D eigenvalue weighted by Crippen LogP contribution is -2.07. The quantitative estimate of drug-likeness (QED) is 0.609. The zero-order valence-electron chi connectivity index (χ0n) is 15.6. The first kappa shape index (κ1) is 19.4. The van der Waals surface area contributed by atoms with Gasteiger partial charge < -0.3 is 14.2 Å². The minimum absolute atomic E-state index is 0.286. The van der Waals surface area contributed by atoms with Crippen LogP contribution in [0, 0.1) is 0 Å². The monoisotopic (exact) mass is 397 g/mol. The van der Waals surface area contributed by atoms with Crippen LogP contribution in [-0.4, -0.2) is 37.4 Å². The molecule has 144 valence electrons. The molecular formula is C20H19N3O4S. The van der Waals surface area contributed by atoms with Crippen LogP contribution in [0.1, 0.15) is 5.56 Å². The molecule has 3 rings (SSSR count). The van der Waals surface area contributed by atoms with Crippen molar-refractivity contribution < 1.29 is 19.0 Å². The van der Waals surface area contributed by atoms with E-state index < -0.39 is 0 Å². The number of hydrogen-bond acceptors (Lipinski definition) is 7. The highest BCUT2D eigenvalue weighted by atomic mass is 32.1. The molecule has 0 fully saturated rings. The molecule has 3 aromatic rings. The lowest BCUT2D eigenvalue weighted by molar-refractivity contribution is -0.111. The fraction of sp³-hybridized carbons (Fsp3) is 0.150. The van der Waals surface area contributed by atoms with Gasteiger partial charge in [-0.1, -0.05) is 23.5 Å². The molecule has 0 radical (unpaired) electrons. The zero-order chi connectivity index (χ0) is 19.9. The Morgan fingerprint density at radius 3 is 2.39 bits per heavy atom. The molecule has 0 spiro atoms. The number of nitrogens with one attached hydrogen (secondary N) is 1. The maximum atomic E-state index is 12.1. The average molecular weight is 397 g/mol. The van der Waals surface area contributed by atoms with Crippen molar-refractivity contribution in [1.29, 1.82) is 0 Å². The normalized spacial score (nSPS) is 10.7. The van der Waals surface area contributed by atoms with E-state index in [1.807, 2.05) is 36.4 Å². The molecule has 2 aromatic carbocycles. The SMILES string of the molecule is COc1ccc(C=CC(=O)Nc2nnc(-c3ccc(OC)c(OC)c3)s2)cc1. The van der Waals surface area contributed by atoms with Gasteiger partial charge in [-0.3, -0.25) is 10.1 Å². The van der Waals surface area contributed by atoms with Gasteiger partial charge in [-0.05, 0) is 42.0 Å². The molecule has 0 saturated carbocycles. The number of anilines is 1. The van der Waals surface area contributed by atoms with Crippen LogP contribution < -0.4 is 19.5 Å². The first-order valence-electron chi connectivity index (χ1n) is 8.32. The predicted molar refractivity (Wildman–Crippen MR) is 109 cm³/mol. The summed E-state index contributed by atoms with van der Waals surface area (Å²) in [6.45, 7) is 0. The number of ether oxygens (including phenoxy) is 3. The van der Waals surface area contributed by atoms with Gasteiger partial charge in [-0.15, -0.1) is 10.2 Å². The average Bonchev–Trinajstić information content (AvgIpc) is 3.20. The molecule has 0 bridgehead atoms. The van der Waals surface area contributed by atoms with Crippen LogP contribution in [-0.2, 0) is 4.79 Å². The van der Waals surface area contributed by atoms with E-state index in [4.69, 9.17) is 14.2 Å². The summed E-state index contributed by atoms with van der Waals surface area (Å²) in [5, 5.41) is 11.9. The third-order valence-corrected chi connectivity index (χ3v) is 4.72. The van der Waals surface area contributed by atoms with E-state index in [0.717, 1.165) is 16.9 Å². The fourth-order valence-corrected chi connectivity index (χ4v) is 3.14. The standard InChI is InChI=1S/C20H19N3O4S/c1-25-15-8-4-13(5-9-15)6-11-18(24)21-20-23-22-19(28-20)14-7-10-16(26-2)17(12-14)27-3/h4-12H,1-3H3,(H,21,23,24). The Kier molecular flexibility index (Phi) is 6.23. The minimum Gasteiger partial charge on any atom is -0.497 e. The lowest BCUT2D eigenvalue weighted by atomic mass is 10.2. The van der Waals surface area contributed by atoms with Crippen LogP contribution in [0.3, 0.4) is 0 Å². The van der Waals surface area contributed by atoms with Gasteiger partial charge in [0.25, 0.3) is 0 Å². The second-order valence-electron chi connectivity index (χ2n) is 5.58. The summed E-state index contributed by atoms with van der Waals surface area (Å²) in [5.74, 6) is 1.71. The molecule has 7 nitrogen and oxygen atoms in total. The first-order chi connectivity index (χ1) is 13.6. The highest BCUT2D eigenvalue weighted by Crippen LogP contribution is 2.34. The Bertz CT molecular complexity index is 983. The van der Waals surface area contributed by atoms with E-state index in [0.29, 0.717) is 21.6 Å². The molecule has 0 saturated heterocycles. The number of carbonyl (C=O) groups is 1. The van der Waals surface area contributed by atoms with Gasteiger partial charge in [0.2, 0.25) is 11.0 Å². The van der Waals surface area contributed by atoms with Crippen molar-refractivity contribution >= 4 is 28.5 Å². The summed E-state index contributed by atoms with van der Waals surface area (Å²) >= 11 is 1.27. The summed E-state index contributed by atoms with van der Waals surface area (Å²) < 4.78 is 15.6. The Morgan fingerprint density at radius 2 is 1.71 bits per heavy atom. The topological polar surface area (TPSA) is 82.6 Å². The minimum atomic E-state index is -0.286. The van der Waals surface area contributed by atoms with Crippen LogP contribution in [0.2, 0.25) is 0 Å². The van der Waals surface area contributed by atoms with E-state index >= 15 is 0 Å². The summed E-state index contributed by atoms with van der Waals surface area (Å²) in [6, 6.07) is 12.9. The van der Waals surface area contributed by atoms with E-state index in [1.54, 1.807) is 33.5 Å². The highest BCUT2D eigenvalue weighted by Gasteiger charge is 2.11. The maximum absolute atomic E-state index is 12.1. The number of carbonyl (C=O) groups excluding carboxylic acids is 1. The molecule has 0 unspecified atom stereocenters. The van der Waals surface area contributed by atoms with Gasteiger partial charge in [0.1, 0.15) is 10.8 Å². The summed E-state index contributed by atoms with van der Waals surface area (Å²) in [5.41, 5.74) is 1.71. The largest absolute Gasteiger partial charge is 0.497 e. The van der Waals surface area contributed by atoms with Gasteiger partial charge in [0.05, 0.1) is 21.3 Å². The molecule has 0 aliphatic heterocycles. The van der Waals surface area contributed by atoms with Crippen LogP contribution in [0.15, 0.2) is 48.5 Å². The zero-order valence-corrected chi connectivity index (χ0v) is 16.4. The number of rotatable bonds is 7. The Balaban J connectivity index is 1.66. The van der Waals surface area contributed by atoms with E-state index in [9.17, 15) is 4.79 Å². The van der Waals surface area contributed by atoms with E-state index in [1.165, 1.54) is 17.4 Å². The van der Waals surface area contributed by atoms with Crippen molar-refractivity contribution in [1.82, 2.24) is 10.2 Å². The number of hydrogen-bond donors (Lipinski definition) is 1. The number of nitrogens with zero attached hydrogens (tertiary/aromatic N) is 2. The van der Waals surface area contributed by atoms with Crippen molar-refractivity contribution in [3.05, 3.63) is 54.1 Å². The third kappa shape index (κ3) is 4.66. The van der Waals surface area contributed by atoms with Crippen molar-refractivity contribution in [2.45, 2.75) is 0 Å². The Labute approximate surface area is 166 Å². The lowest BCUT2D eigenvalue weighted by Gasteiger charge is -2.07. The number of aromatic nitrogens is 2. The smallest absolute Gasteiger partial charge is 0.250 e. The Hall–Kier alpha value is -3.39. The third-order valence-electron chi connectivity index (χ3n) is 3.83. The summed E-state index contributed by atoms with van der Waals surface area (Å²) in [4.78, 5) is 12.1. The maximum Gasteiger partial charge on any atom is 0.250 e. The molecule has 1 aromatic heterocycles. The van der Waals surface area contributed by atoms with Crippen molar-refractivity contribution in [2.24, 2.45) is 0 Å². The summed E-state index contributed by atoms with van der Waals surface area (Å²) in [7, 11) is 4.76. The second-order valence-corrected chi connectivity index (χ2v) is 6.56. The Morgan fingerprint density at radius 1 is 0.964 bits per heavy atom. The van der Waals surface area contributed by atoms with Gasteiger partial charge in [0.15, 0.2) is 11.5 Å². The number of amides is 1. The number of methoxy groups -OCH3 is 3. The van der Waals surface area contributed by atoms with E-state index in [-0.39, 0.29) is 5.91 Å². The van der Waals surface area contributed by atoms with Crippen molar-refractivity contribution in [3.8, 4) is 27.8 Å². The molecule has 0 aliphatic carbocycles.